The van der Waals surface area contributed by atoms with Crippen molar-refractivity contribution >= 4 is 22.3 Å². The lowest BCUT2D eigenvalue weighted by Gasteiger charge is -2.06. The summed E-state index contributed by atoms with van der Waals surface area (Å²) in [4.78, 5) is 13.8. The van der Waals surface area contributed by atoms with E-state index in [9.17, 15) is 13.2 Å². The molecule has 0 saturated carbocycles. The Hall–Kier alpha value is -1.47. The molecular formula is C7H9N3O3S. The monoisotopic (exact) mass is 215 g/mol. The average Bonchev–Trinajstić information content (AvgIpc) is 2.19. The Balaban J connectivity index is 3.26. The Bertz CT molecular complexity index is 430. The number of nitrogens with one attached hydrogen (secondary N) is 2. The molecule has 0 aliphatic rings. The van der Waals surface area contributed by atoms with Gasteiger partial charge in [0.2, 0.25) is 16.4 Å². The number of rotatable bonds is 4. The van der Waals surface area contributed by atoms with Crippen LogP contribution in [-0.4, -0.2) is 26.9 Å². The minimum atomic E-state index is -3.58. The smallest absolute Gasteiger partial charge is 0.243 e. The molecule has 1 heterocycles. The van der Waals surface area contributed by atoms with Gasteiger partial charge in [0.05, 0.1) is 0 Å². The second-order valence-corrected chi connectivity index (χ2v) is 4.17. The lowest BCUT2D eigenvalue weighted by atomic mass is 10.5. The van der Waals surface area contributed by atoms with E-state index in [1.54, 1.807) is 0 Å². The molecule has 76 valence electrons. The number of pyridine rings is 1. The topological polar surface area (TPSA) is 88.2 Å². The van der Waals surface area contributed by atoms with Crippen molar-refractivity contribution in [1.29, 1.82) is 0 Å². The Morgan fingerprint density at radius 3 is 2.79 bits per heavy atom. The van der Waals surface area contributed by atoms with Crippen LogP contribution in [0, 0.1) is 0 Å². The van der Waals surface area contributed by atoms with Crippen LogP contribution in [0.2, 0.25) is 0 Å². The van der Waals surface area contributed by atoms with Crippen LogP contribution < -0.4 is 10.0 Å². The van der Waals surface area contributed by atoms with Crippen LogP contribution in [0.15, 0.2) is 23.2 Å². The number of amides is 1. The van der Waals surface area contributed by atoms with E-state index in [1.165, 1.54) is 25.4 Å². The Morgan fingerprint density at radius 1 is 1.50 bits per heavy atom. The molecule has 0 saturated heterocycles. The maximum Gasteiger partial charge on any atom is 0.243 e. The summed E-state index contributed by atoms with van der Waals surface area (Å²) in [5.74, 6) is 0.0110. The molecule has 1 aromatic rings. The van der Waals surface area contributed by atoms with E-state index in [1.807, 2.05) is 0 Å². The minimum absolute atomic E-state index is 0.0110. The van der Waals surface area contributed by atoms with E-state index in [0.29, 0.717) is 6.41 Å². The summed E-state index contributed by atoms with van der Waals surface area (Å²) in [5.41, 5.74) is 0. The standard InChI is InChI=1S/C7H9N3O3S/c1-8-14(12,13)6-3-2-4-9-7(6)10-5-11/h2-5,8H,1H3,(H,9,10,11). The van der Waals surface area contributed by atoms with Crippen LogP contribution in [0.1, 0.15) is 0 Å². The van der Waals surface area contributed by atoms with Gasteiger partial charge < -0.3 is 5.32 Å². The molecule has 0 unspecified atom stereocenters. The molecular weight excluding hydrogens is 206 g/mol. The maximum absolute atomic E-state index is 11.4. The van der Waals surface area contributed by atoms with Crippen molar-refractivity contribution in [2.24, 2.45) is 0 Å². The van der Waals surface area contributed by atoms with Crippen molar-refractivity contribution < 1.29 is 13.2 Å². The van der Waals surface area contributed by atoms with Gasteiger partial charge in [-0.05, 0) is 19.2 Å². The molecule has 1 rings (SSSR count). The summed E-state index contributed by atoms with van der Waals surface area (Å²) >= 11 is 0. The third-order valence-electron chi connectivity index (χ3n) is 1.52. The van der Waals surface area contributed by atoms with Gasteiger partial charge in [-0.2, -0.15) is 0 Å². The Morgan fingerprint density at radius 2 is 2.21 bits per heavy atom. The van der Waals surface area contributed by atoms with E-state index in [2.05, 4.69) is 15.0 Å². The number of hydrogen-bond donors (Lipinski definition) is 2. The largest absolute Gasteiger partial charge is 0.312 e. The summed E-state index contributed by atoms with van der Waals surface area (Å²) in [5, 5.41) is 2.21. The van der Waals surface area contributed by atoms with Gasteiger partial charge >= 0.3 is 0 Å². The number of carbonyl (C=O) groups is 1. The highest BCUT2D eigenvalue weighted by Crippen LogP contribution is 2.16. The molecule has 0 atom stereocenters. The SMILES string of the molecule is CNS(=O)(=O)c1cccnc1NC=O. The fourth-order valence-electron chi connectivity index (χ4n) is 0.882. The van der Waals surface area contributed by atoms with Crippen molar-refractivity contribution in [3.63, 3.8) is 0 Å². The van der Waals surface area contributed by atoms with Crippen molar-refractivity contribution in [1.82, 2.24) is 9.71 Å². The molecule has 1 aromatic heterocycles. The van der Waals surface area contributed by atoms with Gasteiger partial charge in [-0.3, -0.25) is 4.79 Å². The number of carbonyl (C=O) groups excluding carboxylic acids is 1. The third-order valence-corrected chi connectivity index (χ3v) is 2.97. The lowest BCUT2D eigenvalue weighted by Crippen LogP contribution is -2.20. The second-order valence-electron chi connectivity index (χ2n) is 2.32. The number of aromatic nitrogens is 1. The van der Waals surface area contributed by atoms with E-state index in [4.69, 9.17) is 0 Å². The van der Waals surface area contributed by atoms with Crippen LogP contribution >= 0.6 is 0 Å². The normalized spacial score (nSPS) is 10.9. The van der Waals surface area contributed by atoms with Gasteiger partial charge in [-0.25, -0.2) is 18.1 Å². The second kappa shape index (κ2) is 4.16. The first-order valence-corrected chi connectivity index (χ1v) is 5.19. The van der Waals surface area contributed by atoms with Crippen LogP contribution in [-0.2, 0) is 14.8 Å². The summed E-state index contributed by atoms with van der Waals surface area (Å²) in [7, 11) is -2.30. The van der Waals surface area contributed by atoms with Crippen LogP contribution in [0.3, 0.4) is 0 Å². The van der Waals surface area contributed by atoms with Crippen molar-refractivity contribution in [2.45, 2.75) is 4.90 Å². The first-order chi connectivity index (χ1) is 6.61. The van der Waals surface area contributed by atoms with Crippen molar-refractivity contribution in [3.05, 3.63) is 18.3 Å². The van der Waals surface area contributed by atoms with Gasteiger partial charge in [-0.15, -0.1) is 0 Å². The van der Waals surface area contributed by atoms with E-state index in [0.717, 1.165) is 0 Å². The average molecular weight is 215 g/mol. The van der Waals surface area contributed by atoms with Crippen molar-refractivity contribution in [2.75, 3.05) is 12.4 Å². The maximum atomic E-state index is 11.4. The third kappa shape index (κ3) is 2.06. The number of hydrogen-bond acceptors (Lipinski definition) is 4. The zero-order valence-corrected chi connectivity index (χ0v) is 8.21. The van der Waals surface area contributed by atoms with E-state index in [-0.39, 0.29) is 10.7 Å². The van der Waals surface area contributed by atoms with Crippen LogP contribution in [0.4, 0.5) is 5.82 Å². The van der Waals surface area contributed by atoms with E-state index >= 15 is 0 Å². The van der Waals surface area contributed by atoms with Gasteiger partial charge in [0.1, 0.15) is 4.90 Å². The Kier molecular flexibility index (Phi) is 3.15. The fourth-order valence-corrected chi connectivity index (χ4v) is 1.73. The van der Waals surface area contributed by atoms with Gasteiger partial charge in [0.15, 0.2) is 5.82 Å². The molecule has 6 nitrogen and oxygen atoms in total. The highest BCUT2D eigenvalue weighted by molar-refractivity contribution is 7.89. The summed E-state index contributed by atoms with van der Waals surface area (Å²) in [6.07, 6.45) is 1.76. The zero-order chi connectivity index (χ0) is 10.6. The molecule has 0 spiro atoms. The summed E-state index contributed by atoms with van der Waals surface area (Å²) in [6.45, 7) is 0. The molecule has 7 heteroatoms. The highest BCUT2D eigenvalue weighted by Gasteiger charge is 2.16. The van der Waals surface area contributed by atoms with E-state index < -0.39 is 10.0 Å². The van der Waals surface area contributed by atoms with Crippen LogP contribution in [0.25, 0.3) is 0 Å². The van der Waals surface area contributed by atoms with Crippen molar-refractivity contribution in [3.8, 4) is 0 Å². The lowest BCUT2D eigenvalue weighted by molar-refractivity contribution is -0.105. The van der Waals surface area contributed by atoms with Gasteiger partial charge in [0.25, 0.3) is 0 Å². The molecule has 2 N–H and O–H groups in total. The molecule has 0 aliphatic carbocycles. The molecule has 0 radical (unpaired) electrons. The van der Waals surface area contributed by atoms with Crippen LogP contribution in [0.5, 0.6) is 0 Å². The molecule has 14 heavy (non-hydrogen) atoms. The van der Waals surface area contributed by atoms with Gasteiger partial charge in [-0.1, -0.05) is 0 Å². The first-order valence-electron chi connectivity index (χ1n) is 3.70. The Labute approximate surface area is 81.4 Å². The number of anilines is 1. The molecule has 0 fully saturated rings. The molecule has 0 aliphatic heterocycles. The molecule has 0 bridgehead atoms. The minimum Gasteiger partial charge on any atom is -0.312 e. The first kappa shape index (κ1) is 10.6. The predicted molar refractivity (Wildman–Crippen MR) is 50.2 cm³/mol. The molecule has 1 amide bonds. The van der Waals surface area contributed by atoms with Gasteiger partial charge in [0, 0.05) is 6.20 Å². The fraction of sp³-hybridized carbons (Fsp3) is 0.143. The summed E-state index contributed by atoms with van der Waals surface area (Å²) < 4.78 is 24.9. The number of sulfonamides is 1. The number of nitrogens with zero attached hydrogens (tertiary/aromatic N) is 1. The quantitative estimate of drug-likeness (QED) is 0.666. The zero-order valence-electron chi connectivity index (χ0n) is 7.39. The highest BCUT2D eigenvalue weighted by atomic mass is 32.2. The summed E-state index contributed by atoms with van der Waals surface area (Å²) in [6, 6.07) is 2.82. The predicted octanol–water partition coefficient (Wildman–Crippen LogP) is -0.442. The molecule has 0 aromatic carbocycles.